The third-order valence-electron chi connectivity index (χ3n) is 1.39. The van der Waals surface area contributed by atoms with Crippen molar-refractivity contribution >= 4 is 12.4 Å². The molecule has 0 amide bonds. The van der Waals surface area contributed by atoms with Crippen LogP contribution in [0.5, 0.6) is 0 Å². The summed E-state index contributed by atoms with van der Waals surface area (Å²) in [7, 11) is 0. The largest absolute Gasteiger partial charge is 0.339 e. The van der Waals surface area contributed by atoms with Gasteiger partial charge in [-0.25, -0.2) is 0 Å². The smallest absolute Gasteiger partial charge is 0.228 e. The summed E-state index contributed by atoms with van der Waals surface area (Å²) in [5.41, 5.74) is 11.1. The molecule has 0 aliphatic carbocycles. The second-order valence-corrected chi connectivity index (χ2v) is 3.02. The van der Waals surface area contributed by atoms with Crippen LogP contribution in [0.15, 0.2) is 4.52 Å². The standard InChI is InChI=1S/C7H14N4O.ClH/c1-4(8)3-6-10-7(5(2)9)11-12-6;/h4-5H,3,8-9H2,1-2H3;1H. The van der Waals surface area contributed by atoms with Gasteiger partial charge in [0.05, 0.1) is 6.04 Å². The van der Waals surface area contributed by atoms with E-state index < -0.39 is 0 Å². The maximum atomic E-state index is 5.55. The topological polar surface area (TPSA) is 91.0 Å². The first-order valence-corrected chi connectivity index (χ1v) is 3.93. The Balaban J connectivity index is 0.00000144. The van der Waals surface area contributed by atoms with Crippen molar-refractivity contribution in [2.24, 2.45) is 11.5 Å². The molecule has 2 unspecified atom stereocenters. The Morgan fingerprint density at radius 1 is 1.38 bits per heavy atom. The first kappa shape index (κ1) is 12.3. The van der Waals surface area contributed by atoms with E-state index in [0.29, 0.717) is 18.1 Å². The van der Waals surface area contributed by atoms with Crippen LogP contribution in [0, 0.1) is 0 Å². The van der Waals surface area contributed by atoms with Crippen LogP contribution in [0.2, 0.25) is 0 Å². The van der Waals surface area contributed by atoms with Crippen LogP contribution >= 0.6 is 12.4 Å². The fourth-order valence-electron chi connectivity index (χ4n) is 0.811. The predicted octanol–water partition coefficient (Wildman–Crippen LogP) is 0.401. The summed E-state index contributed by atoms with van der Waals surface area (Å²) in [4.78, 5) is 4.07. The monoisotopic (exact) mass is 206 g/mol. The van der Waals surface area contributed by atoms with Crippen LogP contribution in [0.3, 0.4) is 0 Å². The molecule has 1 rings (SSSR count). The van der Waals surface area contributed by atoms with Gasteiger partial charge in [0.15, 0.2) is 5.82 Å². The maximum Gasteiger partial charge on any atom is 0.228 e. The summed E-state index contributed by atoms with van der Waals surface area (Å²) < 4.78 is 4.92. The lowest BCUT2D eigenvalue weighted by atomic mass is 10.2. The van der Waals surface area contributed by atoms with Crippen molar-refractivity contribution in [2.45, 2.75) is 32.4 Å². The highest BCUT2D eigenvalue weighted by Gasteiger charge is 2.10. The van der Waals surface area contributed by atoms with E-state index in [-0.39, 0.29) is 24.5 Å². The lowest BCUT2D eigenvalue weighted by molar-refractivity contribution is 0.364. The lowest BCUT2D eigenvalue weighted by Gasteiger charge is -1.97. The van der Waals surface area contributed by atoms with Gasteiger partial charge in [0.1, 0.15) is 0 Å². The Morgan fingerprint density at radius 3 is 2.38 bits per heavy atom. The summed E-state index contributed by atoms with van der Waals surface area (Å²) in [5.74, 6) is 1.09. The Labute approximate surface area is 83.3 Å². The molecule has 0 fully saturated rings. The maximum absolute atomic E-state index is 5.55. The third kappa shape index (κ3) is 3.71. The minimum atomic E-state index is -0.185. The van der Waals surface area contributed by atoms with Gasteiger partial charge in [-0.05, 0) is 13.8 Å². The Bertz CT molecular complexity index is 248. The highest BCUT2D eigenvalue weighted by molar-refractivity contribution is 5.85. The number of halogens is 1. The van der Waals surface area contributed by atoms with Crippen molar-refractivity contribution in [3.8, 4) is 0 Å². The molecule has 4 N–H and O–H groups in total. The van der Waals surface area contributed by atoms with Crippen LogP contribution in [0.4, 0.5) is 0 Å². The fraction of sp³-hybridized carbons (Fsp3) is 0.714. The quantitative estimate of drug-likeness (QED) is 0.747. The Kier molecular flexibility index (Phi) is 4.90. The first-order valence-electron chi connectivity index (χ1n) is 3.93. The van der Waals surface area contributed by atoms with Crippen molar-refractivity contribution in [3.05, 3.63) is 11.7 Å². The molecule has 6 heteroatoms. The molecule has 1 aromatic heterocycles. The van der Waals surface area contributed by atoms with Crippen molar-refractivity contribution in [1.29, 1.82) is 0 Å². The van der Waals surface area contributed by atoms with Crippen LogP contribution in [0.25, 0.3) is 0 Å². The van der Waals surface area contributed by atoms with Gasteiger partial charge in [0.2, 0.25) is 5.89 Å². The van der Waals surface area contributed by atoms with Crippen molar-refractivity contribution < 1.29 is 4.52 Å². The molecule has 76 valence electrons. The zero-order valence-electron chi connectivity index (χ0n) is 7.73. The Hall–Kier alpha value is -0.650. The molecule has 0 spiro atoms. The third-order valence-corrected chi connectivity index (χ3v) is 1.39. The Morgan fingerprint density at radius 2 is 2.00 bits per heavy atom. The molecule has 1 aromatic rings. The van der Waals surface area contributed by atoms with Crippen LogP contribution < -0.4 is 11.5 Å². The second kappa shape index (κ2) is 5.16. The highest BCUT2D eigenvalue weighted by Crippen LogP contribution is 2.05. The second-order valence-electron chi connectivity index (χ2n) is 3.02. The van der Waals surface area contributed by atoms with E-state index >= 15 is 0 Å². The van der Waals surface area contributed by atoms with E-state index in [1.165, 1.54) is 0 Å². The molecule has 13 heavy (non-hydrogen) atoms. The predicted molar refractivity (Wildman–Crippen MR) is 51.5 cm³/mol. The summed E-state index contributed by atoms with van der Waals surface area (Å²) >= 11 is 0. The number of aromatic nitrogens is 2. The number of hydrogen-bond donors (Lipinski definition) is 2. The molecule has 0 radical (unpaired) electrons. The summed E-state index contributed by atoms with van der Waals surface area (Å²) in [5, 5.41) is 3.70. The zero-order valence-corrected chi connectivity index (χ0v) is 8.54. The van der Waals surface area contributed by atoms with Crippen LogP contribution in [-0.2, 0) is 6.42 Å². The average molecular weight is 207 g/mol. The molecule has 2 atom stereocenters. The molecule has 0 aromatic carbocycles. The van der Waals surface area contributed by atoms with Crippen molar-refractivity contribution in [2.75, 3.05) is 0 Å². The molecule has 1 heterocycles. The van der Waals surface area contributed by atoms with E-state index in [9.17, 15) is 0 Å². The summed E-state index contributed by atoms with van der Waals surface area (Å²) in [6.07, 6.45) is 0.597. The number of rotatable bonds is 3. The van der Waals surface area contributed by atoms with Gasteiger partial charge < -0.3 is 16.0 Å². The summed E-state index contributed by atoms with van der Waals surface area (Å²) in [6, 6.07) is -0.151. The minimum absolute atomic E-state index is 0. The van der Waals surface area contributed by atoms with Gasteiger partial charge in [-0.2, -0.15) is 4.98 Å². The zero-order chi connectivity index (χ0) is 9.14. The highest BCUT2D eigenvalue weighted by atomic mass is 35.5. The number of nitrogens with zero attached hydrogens (tertiary/aromatic N) is 2. The van der Waals surface area contributed by atoms with Gasteiger partial charge in [0, 0.05) is 12.5 Å². The van der Waals surface area contributed by atoms with Crippen molar-refractivity contribution in [3.63, 3.8) is 0 Å². The fourth-order valence-corrected chi connectivity index (χ4v) is 0.811. The van der Waals surface area contributed by atoms with E-state index in [4.69, 9.17) is 16.0 Å². The molecule has 0 saturated carbocycles. The molecule has 0 bridgehead atoms. The van der Waals surface area contributed by atoms with Gasteiger partial charge in [0.25, 0.3) is 0 Å². The molecule has 0 saturated heterocycles. The van der Waals surface area contributed by atoms with E-state index in [2.05, 4.69) is 10.1 Å². The molecular weight excluding hydrogens is 192 g/mol. The SMILES string of the molecule is CC(N)Cc1nc(C(C)N)no1.Cl. The molecule has 0 aliphatic heterocycles. The first-order chi connectivity index (χ1) is 5.59. The number of nitrogens with two attached hydrogens (primary N) is 2. The van der Waals surface area contributed by atoms with Gasteiger partial charge in [-0.3, -0.25) is 0 Å². The van der Waals surface area contributed by atoms with Crippen LogP contribution in [0.1, 0.15) is 31.6 Å². The minimum Gasteiger partial charge on any atom is -0.339 e. The van der Waals surface area contributed by atoms with E-state index in [0.717, 1.165) is 0 Å². The lowest BCUT2D eigenvalue weighted by Crippen LogP contribution is -2.18. The van der Waals surface area contributed by atoms with Crippen molar-refractivity contribution in [1.82, 2.24) is 10.1 Å². The average Bonchev–Trinajstić information content (AvgIpc) is 2.34. The molecular formula is C7H15ClN4O. The number of hydrogen-bond acceptors (Lipinski definition) is 5. The van der Waals surface area contributed by atoms with E-state index in [1.807, 2.05) is 6.92 Å². The molecule has 5 nitrogen and oxygen atoms in total. The van der Waals surface area contributed by atoms with Gasteiger partial charge >= 0.3 is 0 Å². The van der Waals surface area contributed by atoms with Crippen LogP contribution in [-0.4, -0.2) is 16.2 Å². The van der Waals surface area contributed by atoms with Gasteiger partial charge in [-0.1, -0.05) is 5.16 Å². The molecule has 0 aliphatic rings. The van der Waals surface area contributed by atoms with Gasteiger partial charge in [-0.15, -0.1) is 12.4 Å². The normalized spacial score (nSPS) is 14.8. The summed E-state index contributed by atoms with van der Waals surface area (Å²) in [6.45, 7) is 3.69. The van der Waals surface area contributed by atoms with E-state index in [1.54, 1.807) is 6.92 Å².